The second-order valence-electron chi connectivity index (χ2n) is 5.13. The van der Waals surface area contributed by atoms with Crippen molar-refractivity contribution < 1.29 is 22.8 Å². The average molecular weight is 323 g/mol. The standard InChI is InChI=1S/C15H15F2N3O3/c1-2-22-15(21)18-11-6-4-8-7-9(3-5-10(8)11)13-19-14(12(16)17)23-20-13/h3,5,7,11-12H,2,4,6H2,1H3,(H,18,21)/t11-/m1/s1. The smallest absolute Gasteiger partial charge is 0.407 e. The van der Waals surface area contributed by atoms with E-state index in [-0.39, 0.29) is 11.9 Å². The predicted octanol–water partition coefficient (Wildman–Crippen LogP) is 3.41. The Morgan fingerprint density at radius 2 is 2.35 bits per heavy atom. The van der Waals surface area contributed by atoms with E-state index in [4.69, 9.17) is 4.74 Å². The Morgan fingerprint density at radius 3 is 3.04 bits per heavy atom. The summed E-state index contributed by atoms with van der Waals surface area (Å²) in [5, 5.41) is 6.37. The predicted molar refractivity (Wildman–Crippen MR) is 75.9 cm³/mol. The zero-order valence-corrected chi connectivity index (χ0v) is 12.4. The summed E-state index contributed by atoms with van der Waals surface area (Å²) < 4.78 is 34.4. The molecule has 23 heavy (non-hydrogen) atoms. The number of nitrogens with zero attached hydrogens (tertiary/aromatic N) is 2. The molecule has 1 heterocycles. The molecule has 2 aromatic rings. The minimum atomic E-state index is -2.79. The summed E-state index contributed by atoms with van der Waals surface area (Å²) in [5.74, 6) is -0.563. The second kappa shape index (κ2) is 6.31. The maximum absolute atomic E-state index is 12.5. The van der Waals surface area contributed by atoms with Gasteiger partial charge in [0.05, 0.1) is 12.6 Å². The van der Waals surface area contributed by atoms with Gasteiger partial charge in [0.25, 0.3) is 5.89 Å². The first-order chi connectivity index (χ1) is 11.1. The Kier molecular flexibility index (Phi) is 4.22. The molecule has 1 aromatic heterocycles. The molecule has 0 unspecified atom stereocenters. The molecule has 6 nitrogen and oxygen atoms in total. The number of alkyl carbamates (subject to hydrolysis) is 1. The zero-order chi connectivity index (χ0) is 16.4. The first kappa shape index (κ1) is 15.4. The average Bonchev–Trinajstić information content (AvgIpc) is 3.14. The van der Waals surface area contributed by atoms with Gasteiger partial charge in [-0.3, -0.25) is 0 Å². The third kappa shape index (κ3) is 3.15. The molecule has 3 rings (SSSR count). The second-order valence-corrected chi connectivity index (χ2v) is 5.13. The minimum absolute atomic E-state index is 0.111. The number of ether oxygens (including phenoxy) is 1. The van der Waals surface area contributed by atoms with E-state index < -0.39 is 18.4 Å². The summed E-state index contributed by atoms with van der Waals surface area (Å²) in [6, 6.07) is 5.29. The van der Waals surface area contributed by atoms with Crippen LogP contribution in [0.4, 0.5) is 13.6 Å². The van der Waals surface area contributed by atoms with Gasteiger partial charge in [-0.1, -0.05) is 17.3 Å². The SMILES string of the molecule is CCOC(=O)N[C@@H]1CCc2cc(-c3noc(C(F)F)n3)ccc21. The molecule has 0 spiro atoms. The van der Waals surface area contributed by atoms with Crippen LogP contribution in [0.25, 0.3) is 11.4 Å². The molecule has 122 valence electrons. The van der Waals surface area contributed by atoms with Crippen molar-refractivity contribution in [2.24, 2.45) is 0 Å². The maximum Gasteiger partial charge on any atom is 0.407 e. The van der Waals surface area contributed by atoms with Crippen LogP contribution in [0.15, 0.2) is 22.7 Å². The van der Waals surface area contributed by atoms with Crippen LogP contribution in [0.5, 0.6) is 0 Å². The van der Waals surface area contributed by atoms with Gasteiger partial charge < -0.3 is 14.6 Å². The van der Waals surface area contributed by atoms with Crippen LogP contribution in [0.2, 0.25) is 0 Å². The number of hydrogen-bond donors (Lipinski definition) is 1. The lowest BCUT2D eigenvalue weighted by atomic mass is 10.0. The highest BCUT2D eigenvalue weighted by Crippen LogP contribution is 2.34. The van der Waals surface area contributed by atoms with Gasteiger partial charge in [-0.05, 0) is 37.0 Å². The monoisotopic (exact) mass is 323 g/mol. The molecule has 1 aliphatic rings. The van der Waals surface area contributed by atoms with E-state index in [1.54, 1.807) is 13.0 Å². The van der Waals surface area contributed by atoms with Crippen molar-refractivity contribution >= 4 is 6.09 Å². The lowest BCUT2D eigenvalue weighted by molar-refractivity contribution is 0.106. The normalized spacial score (nSPS) is 16.4. The summed E-state index contributed by atoms with van der Waals surface area (Å²) in [7, 11) is 0. The fourth-order valence-corrected chi connectivity index (χ4v) is 2.66. The lowest BCUT2D eigenvalue weighted by Crippen LogP contribution is -2.27. The van der Waals surface area contributed by atoms with Gasteiger partial charge in [-0.15, -0.1) is 0 Å². The summed E-state index contributed by atoms with van der Waals surface area (Å²) in [6.45, 7) is 2.06. The molecule has 1 N–H and O–H groups in total. The van der Waals surface area contributed by atoms with Crippen LogP contribution in [-0.4, -0.2) is 22.8 Å². The van der Waals surface area contributed by atoms with Crippen LogP contribution in [0.1, 0.15) is 42.8 Å². The highest BCUT2D eigenvalue weighted by molar-refractivity contribution is 5.68. The van der Waals surface area contributed by atoms with Gasteiger partial charge in [0.2, 0.25) is 5.82 Å². The molecule has 0 bridgehead atoms. The highest BCUT2D eigenvalue weighted by Gasteiger charge is 2.25. The van der Waals surface area contributed by atoms with Crippen LogP contribution in [0, 0.1) is 0 Å². The van der Waals surface area contributed by atoms with Crippen molar-refractivity contribution in [2.45, 2.75) is 32.2 Å². The molecule has 1 amide bonds. The number of hydrogen-bond acceptors (Lipinski definition) is 5. The third-order valence-electron chi connectivity index (χ3n) is 3.67. The lowest BCUT2D eigenvalue weighted by Gasteiger charge is -2.13. The topological polar surface area (TPSA) is 77.2 Å². The fourth-order valence-electron chi connectivity index (χ4n) is 2.66. The summed E-state index contributed by atoms with van der Waals surface area (Å²) in [4.78, 5) is 15.2. The number of carbonyl (C=O) groups is 1. The maximum atomic E-state index is 12.5. The van der Waals surface area contributed by atoms with E-state index in [0.717, 1.165) is 24.0 Å². The molecule has 1 aliphatic carbocycles. The van der Waals surface area contributed by atoms with Crippen molar-refractivity contribution in [2.75, 3.05) is 6.61 Å². The van der Waals surface area contributed by atoms with E-state index in [0.29, 0.717) is 12.2 Å². The van der Waals surface area contributed by atoms with Gasteiger partial charge in [0.15, 0.2) is 0 Å². The number of carbonyl (C=O) groups excluding carboxylic acids is 1. The highest BCUT2D eigenvalue weighted by atomic mass is 19.3. The number of halogens is 2. The molecule has 1 atom stereocenters. The number of fused-ring (bicyclic) bond motifs is 1. The van der Waals surface area contributed by atoms with Gasteiger partial charge in [-0.2, -0.15) is 13.8 Å². The third-order valence-corrected chi connectivity index (χ3v) is 3.67. The zero-order valence-electron chi connectivity index (χ0n) is 12.4. The van der Waals surface area contributed by atoms with Gasteiger partial charge >= 0.3 is 12.5 Å². The molecular weight excluding hydrogens is 308 g/mol. The Morgan fingerprint density at radius 1 is 1.52 bits per heavy atom. The van der Waals surface area contributed by atoms with Gasteiger partial charge in [0, 0.05) is 5.56 Å². The summed E-state index contributed by atoms with van der Waals surface area (Å²) in [6.07, 6.45) is -1.72. The van der Waals surface area contributed by atoms with Crippen LogP contribution < -0.4 is 5.32 Å². The molecule has 0 fully saturated rings. The van der Waals surface area contributed by atoms with Crippen LogP contribution >= 0.6 is 0 Å². The van der Waals surface area contributed by atoms with E-state index >= 15 is 0 Å². The molecule has 8 heteroatoms. The molecule has 0 radical (unpaired) electrons. The van der Waals surface area contributed by atoms with Crippen LogP contribution in [-0.2, 0) is 11.2 Å². The van der Waals surface area contributed by atoms with Gasteiger partial charge in [-0.25, -0.2) is 4.79 Å². The quantitative estimate of drug-likeness (QED) is 0.933. The van der Waals surface area contributed by atoms with E-state index in [2.05, 4.69) is 20.0 Å². The molecule has 0 saturated carbocycles. The van der Waals surface area contributed by atoms with Crippen LogP contribution in [0.3, 0.4) is 0 Å². The number of aryl methyl sites for hydroxylation is 1. The number of alkyl halides is 2. The van der Waals surface area contributed by atoms with Crippen molar-refractivity contribution in [1.82, 2.24) is 15.5 Å². The van der Waals surface area contributed by atoms with Crippen molar-refractivity contribution in [3.8, 4) is 11.4 Å². The first-order valence-corrected chi connectivity index (χ1v) is 7.26. The Hall–Kier alpha value is -2.51. The Balaban J connectivity index is 1.79. The number of aromatic nitrogens is 2. The minimum Gasteiger partial charge on any atom is -0.450 e. The Labute approximate surface area is 130 Å². The van der Waals surface area contributed by atoms with E-state index in [1.165, 1.54) is 0 Å². The Bertz CT molecular complexity index is 718. The number of rotatable bonds is 4. The van der Waals surface area contributed by atoms with Crippen molar-refractivity contribution in [1.29, 1.82) is 0 Å². The van der Waals surface area contributed by atoms with Gasteiger partial charge in [0.1, 0.15) is 0 Å². The number of benzene rings is 1. The van der Waals surface area contributed by atoms with E-state index in [9.17, 15) is 13.6 Å². The number of amides is 1. The summed E-state index contributed by atoms with van der Waals surface area (Å²) >= 11 is 0. The number of nitrogens with one attached hydrogen (secondary N) is 1. The van der Waals surface area contributed by atoms with E-state index in [1.807, 2.05) is 12.1 Å². The molecule has 0 saturated heterocycles. The largest absolute Gasteiger partial charge is 0.450 e. The molecule has 1 aromatic carbocycles. The molecule has 0 aliphatic heterocycles. The first-order valence-electron chi connectivity index (χ1n) is 7.26. The van der Waals surface area contributed by atoms with Crippen molar-refractivity contribution in [3.05, 3.63) is 35.2 Å². The summed E-state index contributed by atoms with van der Waals surface area (Å²) in [5.41, 5.74) is 2.61. The fraction of sp³-hybridized carbons (Fsp3) is 0.400. The van der Waals surface area contributed by atoms with Crippen molar-refractivity contribution in [3.63, 3.8) is 0 Å². The molecular formula is C15H15F2N3O3.